The van der Waals surface area contributed by atoms with Crippen molar-refractivity contribution in [2.75, 3.05) is 11.9 Å². The molecule has 0 saturated heterocycles. The first-order valence-electron chi connectivity index (χ1n) is 9.27. The van der Waals surface area contributed by atoms with Gasteiger partial charge in [0.05, 0.1) is 0 Å². The summed E-state index contributed by atoms with van der Waals surface area (Å²) in [6, 6.07) is 13.5. The average Bonchev–Trinajstić information content (AvgIpc) is 3.08. The van der Waals surface area contributed by atoms with Crippen LogP contribution >= 0.6 is 23.4 Å². The summed E-state index contributed by atoms with van der Waals surface area (Å²) in [5, 5.41) is 12.5. The molecule has 0 aliphatic carbocycles. The Bertz CT molecular complexity index is 1010. The number of nitrogens with zero attached hydrogens (tertiary/aromatic N) is 3. The number of ether oxygens (including phenoxy) is 1. The Balaban J connectivity index is 1.60. The molecule has 0 spiro atoms. The van der Waals surface area contributed by atoms with Gasteiger partial charge in [0.2, 0.25) is 5.95 Å². The van der Waals surface area contributed by atoms with Gasteiger partial charge in [-0.05, 0) is 44.0 Å². The van der Waals surface area contributed by atoms with Gasteiger partial charge < -0.3 is 4.74 Å². The van der Waals surface area contributed by atoms with E-state index in [0.717, 1.165) is 26.9 Å². The zero-order chi connectivity index (χ0) is 20.8. The van der Waals surface area contributed by atoms with E-state index in [1.54, 1.807) is 0 Å². The predicted octanol–water partition coefficient (Wildman–Crippen LogP) is 4.88. The van der Waals surface area contributed by atoms with Gasteiger partial charge in [-0.1, -0.05) is 59.3 Å². The summed E-state index contributed by atoms with van der Waals surface area (Å²) in [7, 11) is 0. The summed E-state index contributed by atoms with van der Waals surface area (Å²) in [6.07, 6.45) is 0. The lowest BCUT2D eigenvalue weighted by Crippen LogP contribution is -2.22. The molecule has 29 heavy (non-hydrogen) atoms. The van der Waals surface area contributed by atoms with Crippen molar-refractivity contribution < 1.29 is 9.53 Å². The van der Waals surface area contributed by atoms with E-state index in [4.69, 9.17) is 16.3 Å². The van der Waals surface area contributed by atoms with E-state index in [9.17, 15) is 4.79 Å². The Morgan fingerprint density at radius 1 is 1.21 bits per heavy atom. The highest BCUT2D eigenvalue weighted by Gasteiger charge is 2.15. The number of rotatable bonds is 8. The molecule has 0 radical (unpaired) electrons. The van der Waals surface area contributed by atoms with Crippen LogP contribution in [0.25, 0.3) is 0 Å². The molecule has 3 rings (SSSR count). The molecule has 152 valence electrons. The fourth-order valence-electron chi connectivity index (χ4n) is 2.80. The number of anilines is 1. The summed E-state index contributed by atoms with van der Waals surface area (Å²) in [6.45, 7) is 6.48. The molecule has 0 aliphatic rings. The summed E-state index contributed by atoms with van der Waals surface area (Å²) >= 11 is 7.74. The quantitative estimate of drug-likeness (QED) is 0.516. The third-order valence-electron chi connectivity index (χ3n) is 4.29. The minimum atomic E-state index is -0.283. The summed E-state index contributed by atoms with van der Waals surface area (Å²) in [4.78, 5) is 12.3. The van der Waals surface area contributed by atoms with Crippen LogP contribution in [-0.4, -0.2) is 27.3 Å². The van der Waals surface area contributed by atoms with Crippen LogP contribution in [0.3, 0.4) is 0 Å². The van der Waals surface area contributed by atoms with Gasteiger partial charge in [-0.2, -0.15) is 0 Å². The lowest BCUT2D eigenvalue weighted by molar-refractivity contribution is -0.118. The maximum absolute atomic E-state index is 12.3. The molecule has 0 saturated carbocycles. The molecule has 0 fully saturated rings. The van der Waals surface area contributed by atoms with Crippen molar-refractivity contribution in [2.45, 2.75) is 38.2 Å². The standard InChI is InChI=1S/C21H23ClN4O2S/c1-4-26-20(23-19(27)12-28-18-10-9-14(2)11-15(18)3)24-25-21(26)29-13-16-7-5-6-8-17(16)22/h5-11H,4,12-13H2,1-3H3,(H,23,24,27). The lowest BCUT2D eigenvalue weighted by Gasteiger charge is -2.11. The van der Waals surface area contributed by atoms with Crippen LogP contribution in [0.15, 0.2) is 47.6 Å². The molecule has 0 unspecified atom stereocenters. The fourth-order valence-corrected chi connectivity index (χ4v) is 4.08. The Hall–Kier alpha value is -2.51. The van der Waals surface area contributed by atoms with Crippen molar-refractivity contribution in [3.8, 4) is 5.75 Å². The van der Waals surface area contributed by atoms with Gasteiger partial charge in [-0.25, -0.2) is 0 Å². The van der Waals surface area contributed by atoms with Crippen molar-refractivity contribution in [2.24, 2.45) is 0 Å². The van der Waals surface area contributed by atoms with Gasteiger partial charge in [-0.3, -0.25) is 14.7 Å². The second-order valence-electron chi connectivity index (χ2n) is 6.54. The topological polar surface area (TPSA) is 69.0 Å². The monoisotopic (exact) mass is 430 g/mol. The van der Waals surface area contributed by atoms with Crippen LogP contribution in [0, 0.1) is 13.8 Å². The van der Waals surface area contributed by atoms with E-state index >= 15 is 0 Å². The number of thioether (sulfide) groups is 1. The number of carbonyl (C=O) groups is 1. The maximum atomic E-state index is 12.3. The highest BCUT2D eigenvalue weighted by atomic mass is 35.5. The first-order chi connectivity index (χ1) is 14.0. The number of amides is 1. The number of aryl methyl sites for hydroxylation is 2. The van der Waals surface area contributed by atoms with E-state index in [-0.39, 0.29) is 12.5 Å². The van der Waals surface area contributed by atoms with Gasteiger partial charge in [-0.15, -0.1) is 10.2 Å². The largest absolute Gasteiger partial charge is 0.483 e. The second-order valence-corrected chi connectivity index (χ2v) is 7.89. The summed E-state index contributed by atoms with van der Waals surface area (Å²) in [5.74, 6) is 1.48. The molecule has 3 aromatic rings. The Kier molecular flexibility index (Phi) is 7.17. The zero-order valence-electron chi connectivity index (χ0n) is 16.6. The molecule has 0 atom stereocenters. The average molecular weight is 431 g/mol. The van der Waals surface area contributed by atoms with Crippen LogP contribution in [-0.2, 0) is 17.1 Å². The normalized spacial score (nSPS) is 10.8. The summed E-state index contributed by atoms with van der Waals surface area (Å²) < 4.78 is 7.49. The SMILES string of the molecule is CCn1c(NC(=O)COc2ccc(C)cc2C)nnc1SCc1ccccc1Cl. The van der Waals surface area contributed by atoms with Crippen molar-refractivity contribution in [3.63, 3.8) is 0 Å². The van der Waals surface area contributed by atoms with Gasteiger partial charge >= 0.3 is 0 Å². The molecule has 6 nitrogen and oxygen atoms in total. The number of benzene rings is 2. The van der Waals surface area contributed by atoms with Gasteiger partial charge in [0.1, 0.15) is 5.75 Å². The Morgan fingerprint density at radius 2 is 2.00 bits per heavy atom. The molecule has 1 amide bonds. The lowest BCUT2D eigenvalue weighted by atomic mass is 10.1. The van der Waals surface area contributed by atoms with E-state index in [0.29, 0.717) is 24.0 Å². The molecule has 1 heterocycles. The first-order valence-corrected chi connectivity index (χ1v) is 10.6. The van der Waals surface area contributed by atoms with Crippen LogP contribution in [0.2, 0.25) is 5.02 Å². The van der Waals surface area contributed by atoms with E-state index < -0.39 is 0 Å². The highest BCUT2D eigenvalue weighted by molar-refractivity contribution is 7.98. The van der Waals surface area contributed by atoms with Crippen LogP contribution in [0.5, 0.6) is 5.75 Å². The fraction of sp³-hybridized carbons (Fsp3) is 0.286. The third-order valence-corrected chi connectivity index (χ3v) is 5.67. The molecular weight excluding hydrogens is 408 g/mol. The zero-order valence-corrected chi connectivity index (χ0v) is 18.2. The van der Waals surface area contributed by atoms with Gasteiger partial charge in [0.25, 0.3) is 5.91 Å². The number of carbonyl (C=O) groups excluding carboxylic acids is 1. The molecular formula is C21H23ClN4O2S. The third kappa shape index (κ3) is 5.52. The molecule has 1 N–H and O–H groups in total. The molecule has 0 aliphatic heterocycles. The van der Waals surface area contributed by atoms with Crippen molar-refractivity contribution in [1.82, 2.24) is 14.8 Å². The smallest absolute Gasteiger partial charge is 0.264 e. The second kappa shape index (κ2) is 9.80. The molecule has 0 bridgehead atoms. The van der Waals surface area contributed by atoms with Crippen LogP contribution < -0.4 is 10.1 Å². The minimum Gasteiger partial charge on any atom is -0.483 e. The number of aromatic nitrogens is 3. The number of hydrogen-bond acceptors (Lipinski definition) is 5. The first kappa shape index (κ1) is 21.2. The highest BCUT2D eigenvalue weighted by Crippen LogP contribution is 2.27. The Labute approximate surface area is 179 Å². The van der Waals surface area contributed by atoms with Crippen LogP contribution in [0.1, 0.15) is 23.6 Å². The Morgan fingerprint density at radius 3 is 2.72 bits per heavy atom. The van der Waals surface area contributed by atoms with Crippen molar-refractivity contribution >= 4 is 35.2 Å². The number of hydrogen-bond donors (Lipinski definition) is 1. The molecule has 2 aromatic carbocycles. The molecule has 1 aromatic heterocycles. The maximum Gasteiger partial charge on any atom is 0.264 e. The minimum absolute atomic E-state index is 0.0947. The number of halogens is 1. The van der Waals surface area contributed by atoms with Crippen LogP contribution in [0.4, 0.5) is 5.95 Å². The van der Waals surface area contributed by atoms with E-state index in [1.165, 1.54) is 11.8 Å². The summed E-state index contributed by atoms with van der Waals surface area (Å²) in [5.41, 5.74) is 3.17. The van der Waals surface area contributed by atoms with Gasteiger partial charge in [0, 0.05) is 17.3 Å². The molecule has 8 heteroatoms. The van der Waals surface area contributed by atoms with E-state index in [1.807, 2.05) is 67.8 Å². The van der Waals surface area contributed by atoms with Crippen molar-refractivity contribution in [1.29, 1.82) is 0 Å². The van der Waals surface area contributed by atoms with E-state index in [2.05, 4.69) is 15.5 Å². The van der Waals surface area contributed by atoms with Gasteiger partial charge in [0.15, 0.2) is 11.8 Å². The van der Waals surface area contributed by atoms with Crippen molar-refractivity contribution in [3.05, 3.63) is 64.2 Å². The number of nitrogens with one attached hydrogen (secondary N) is 1. The predicted molar refractivity (Wildman–Crippen MR) is 117 cm³/mol.